The van der Waals surface area contributed by atoms with Crippen LogP contribution in [0.15, 0.2) is 45.5 Å². The fourth-order valence-corrected chi connectivity index (χ4v) is 3.81. The van der Waals surface area contributed by atoms with Crippen molar-refractivity contribution < 1.29 is 18.0 Å². The van der Waals surface area contributed by atoms with Crippen molar-refractivity contribution in [2.24, 2.45) is 5.10 Å². The Morgan fingerprint density at radius 2 is 2.13 bits per heavy atom. The van der Waals surface area contributed by atoms with Crippen molar-refractivity contribution in [1.82, 2.24) is 19.8 Å². The predicted molar refractivity (Wildman–Crippen MR) is 124 cm³/mol. The van der Waals surface area contributed by atoms with E-state index in [2.05, 4.69) is 37.5 Å². The van der Waals surface area contributed by atoms with Crippen LogP contribution in [0.25, 0.3) is 6.08 Å². The summed E-state index contributed by atoms with van der Waals surface area (Å²) in [7, 11) is 1.80. The molecule has 0 radical (unpaired) electrons. The minimum Gasteiger partial charge on any atom is -0.297 e. The minimum absolute atomic E-state index is 0.0233. The van der Waals surface area contributed by atoms with Crippen molar-refractivity contribution in [2.45, 2.75) is 25.6 Å². The van der Waals surface area contributed by atoms with Crippen LogP contribution in [-0.4, -0.2) is 39.3 Å². The first-order valence-corrected chi connectivity index (χ1v) is 13.5. The fraction of sp³-hybridized carbons (Fsp3) is 0.263. The first kappa shape index (κ1) is 23.9. The maximum atomic E-state index is 13.3. The maximum absolute atomic E-state index is 13.3. The highest BCUT2D eigenvalue weighted by atomic mass is 127. The molecule has 0 N–H and O–H groups in total. The van der Waals surface area contributed by atoms with Crippen LogP contribution >= 0.6 is 40.0 Å². The van der Waals surface area contributed by atoms with E-state index in [-0.39, 0.29) is 17.1 Å². The molecule has 1 unspecified atom stereocenters. The van der Waals surface area contributed by atoms with Crippen molar-refractivity contribution in [3.05, 3.63) is 63.0 Å². The van der Waals surface area contributed by atoms with Gasteiger partial charge in [0.05, 0.1) is 35.4 Å². The lowest BCUT2D eigenvalue weighted by atomic mass is 9.94. The lowest BCUT2D eigenvalue weighted by Crippen LogP contribution is -2.15. The van der Waals surface area contributed by atoms with Crippen LogP contribution in [0.4, 0.5) is 13.2 Å². The second-order valence-corrected chi connectivity index (χ2v) is 9.31. The van der Waals surface area contributed by atoms with Crippen molar-refractivity contribution >= 4 is 58.6 Å². The van der Waals surface area contributed by atoms with Crippen molar-refractivity contribution in [3.63, 3.8) is 0 Å². The van der Waals surface area contributed by atoms with Gasteiger partial charge < -0.3 is 0 Å². The largest absolute Gasteiger partial charge is 0.416 e. The normalized spacial score (nSPS) is 15.2. The Kier molecular flexibility index (Phi) is 7.87. The smallest absolute Gasteiger partial charge is 0.297 e. The fourth-order valence-electron chi connectivity index (χ4n) is 3.17. The van der Waals surface area contributed by atoms with E-state index in [1.54, 1.807) is 24.0 Å². The molecule has 1 aliphatic rings. The van der Waals surface area contributed by atoms with Gasteiger partial charge in [0, 0.05) is 12.6 Å². The van der Waals surface area contributed by atoms with Gasteiger partial charge in [0.15, 0.2) is 6.29 Å². The summed E-state index contributed by atoms with van der Waals surface area (Å²) in [4.78, 5) is 11.3. The number of aldehydes is 1. The zero-order valence-corrected chi connectivity index (χ0v) is 20.1. The summed E-state index contributed by atoms with van der Waals surface area (Å²) in [6, 6.07) is 5.42. The molecule has 0 saturated carbocycles. The SMILES string of the molecule is CN(/N=C\C(C1=Cc2nnn(Cc3ccccc3C(F)(F)F)c2CC1)=C(\Cl)C=O)PI. The van der Waals surface area contributed by atoms with E-state index in [1.165, 1.54) is 23.0 Å². The van der Waals surface area contributed by atoms with E-state index in [1.807, 2.05) is 0 Å². The van der Waals surface area contributed by atoms with Crippen LogP contribution < -0.4 is 0 Å². The van der Waals surface area contributed by atoms with Crippen molar-refractivity contribution in [3.8, 4) is 0 Å². The van der Waals surface area contributed by atoms with Crippen LogP contribution in [0.1, 0.15) is 28.9 Å². The minimum atomic E-state index is -4.44. The van der Waals surface area contributed by atoms with Gasteiger partial charge in [-0.25, -0.2) is 4.68 Å². The number of hydrogen-bond acceptors (Lipinski definition) is 5. The lowest BCUT2D eigenvalue weighted by Gasteiger charge is -2.17. The molecule has 1 aromatic carbocycles. The molecule has 0 fully saturated rings. The average molecular weight is 582 g/mol. The van der Waals surface area contributed by atoms with Gasteiger partial charge in [-0.3, -0.25) is 9.57 Å². The Morgan fingerprint density at radius 1 is 1.39 bits per heavy atom. The first-order valence-electron chi connectivity index (χ1n) is 9.02. The molecule has 0 amide bonds. The summed E-state index contributed by atoms with van der Waals surface area (Å²) in [6.07, 6.45) is 0.811. The first-order chi connectivity index (χ1) is 14.7. The van der Waals surface area contributed by atoms with Gasteiger partial charge in [0.2, 0.25) is 0 Å². The highest BCUT2D eigenvalue weighted by Crippen LogP contribution is 2.33. The monoisotopic (exact) mass is 581 g/mol. The summed E-state index contributed by atoms with van der Waals surface area (Å²) in [5.41, 5.74) is 1.95. The summed E-state index contributed by atoms with van der Waals surface area (Å²) >= 11 is 8.28. The molecule has 0 bridgehead atoms. The number of halogens is 5. The zero-order valence-electron chi connectivity index (χ0n) is 16.2. The molecule has 2 aromatic rings. The Hall–Kier alpha value is -1.78. The van der Waals surface area contributed by atoms with Gasteiger partial charge in [0.1, 0.15) is 5.69 Å². The van der Waals surface area contributed by atoms with Gasteiger partial charge in [0.25, 0.3) is 0 Å². The lowest BCUT2D eigenvalue weighted by molar-refractivity contribution is -0.138. The number of allylic oxidation sites excluding steroid dienone is 3. The topological polar surface area (TPSA) is 63.4 Å². The van der Waals surface area contributed by atoms with Gasteiger partial charge >= 0.3 is 6.18 Å². The summed E-state index contributed by atoms with van der Waals surface area (Å²) in [5, 5.41) is 12.5. The van der Waals surface area contributed by atoms with E-state index < -0.39 is 11.7 Å². The number of rotatable bonds is 7. The predicted octanol–water partition coefficient (Wildman–Crippen LogP) is 5.23. The van der Waals surface area contributed by atoms with Crippen LogP contribution in [0, 0.1) is 0 Å². The van der Waals surface area contributed by atoms with Crippen molar-refractivity contribution in [1.29, 1.82) is 0 Å². The molecule has 6 nitrogen and oxygen atoms in total. The molecule has 12 heteroatoms. The molecule has 1 atom stereocenters. The second kappa shape index (κ2) is 10.2. The van der Waals surface area contributed by atoms with E-state index in [0.717, 1.165) is 17.3 Å². The number of hydrazone groups is 1. The van der Waals surface area contributed by atoms with Gasteiger partial charge in [-0.1, -0.05) is 35.0 Å². The highest BCUT2D eigenvalue weighted by molar-refractivity contribution is 14.2. The number of benzene rings is 1. The van der Waals surface area contributed by atoms with Gasteiger partial charge in [-0.2, -0.15) is 18.3 Å². The standard InChI is InChI=1S/C19H17ClF3IN5OP/c1-28(31-24)25-9-14(16(20)11-30)12-6-7-18-17(8-12)26-27-29(18)10-13-4-2-3-5-15(13)19(21,22)23/h2-5,8-9,11,31H,6-7,10H2,1H3/b16-14-,25-9-. The number of nitrogens with zero attached hydrogens (tertiary/aromatic N) is 5. The third-order valence-corrected chi connectivity index (χ3v) is 7.39. The van der Waals surface area contributed by atoms with Gasteiger partial charge in [-0.05, 0) is 58.2 Å². The Bertz CT molecular complexity index is 1070. The molecule has 1 aromatic heterocycles. The highest BCUT2D eigenvalue weighted by Gasteiger charge is 2.33. The Balaban J connectivity index is 1.92. The Labute approximate surface area is 196 Å². The number of carbonyl (C=O) groups excluding carboxylic acids is 1. The molecule has 31 heavy (non-hydrogen) atoms. The molecule has 164 valence electrons. The molecular formula is C19H17ClF3IN5OP. The second-order valence-electron chi connectivity index (χ2n) is 6.64. The van der Waals surface area contributed by atoms with Gasteiger partial charge in [-0.15, -0.1) is 5.10 Å². The number of alkyl halides is 3. The average Bonchev–Trinajstić information content (AvgIpc) is 3.15. The molecule has 3 rings (SSSR count). The van der Waals surface area contributed by atoms with E-state index in [0.29, 0.717) is 36.8 Å². The van der Waals surface area contributed by atoms with E-state index >= 15 is 0 Å². The van der Waals surface area contributed by atoms with E-state index in [9.17, 15) is 18.0 Å². The maximum Gasteiger partial charge on any atom is 0.416 e. The number of hydrogen-bond donors (Lipinski definition) is 0. The molecule has 1 heterocycles. The third-order valence-electron chi connectivity index (χ3n) is 4.64. The molecule has 1 aliphatic carbocycles. The quantitative estimate of drug-likeness (QED) is 0.112. The molecular weight excluding hydrogens is 565 g/mol. The summed E-state index contributed by atoms with van der Waals surface area (Å²) < 4.78 is 43.1. The molecule has 0 aliphatic heterocycles. The van der Waals surface area contributed by atoms with Crippen molar-refractivity contribution in [2.75, 3.05) is 7.05 Å². The Morgan fingerprint density at radius 3 is 2.81 bits per heavy atom. The summed E-state index contributed by atoms with van der Waals surface area (Å²) in [5.74, 6) is 0. The van der Waals surface area contributed by atoms with Crippen LogP contribution in [0.5, 0.6) is 0 Å². The molecule has 0 saturated heterocycles. The number of fused-ring (bicyclic) bond motifs is 1. The number of aromatic nitrogens is 3. The third kappa shape index (κ3) is 5.72. The zero-order chi connectivity index (χ0) is 22.6. The molecule has 0 spiro atoms. The van der Waals surface area contributed by atoms with Crippen LogP contribution in [0.2, 0.25) is 0 Å². The van der Waals surface area contributed by atoms with Crippen LogP contribution in [0.3, 0.4) is 0 Å². The van der Waals surface area contributed by atoms with Crippen LogP contribution in [-0.2, 0) is 23.9 Å². The summed E-state index contributed by atoms with van der Waals surface area (Å²) in [6.45, 7) is -0.0399. The van der Waals surface area contributed by atoms with E-state index in [4.69, 9.17) is 11.6 Å². The number of carbonyl (C=O) groups is 1.